The summed E-state index contributed by atoms with van der Waals surface area (Å²) in [6, 6.07) is -0.850. The molecular formula is C41H80N2O6P+. The number of nitrogens with one attached hydrogen (secondary N) is 1. The van der Waals surface area contributed by atoms with Gasteiger partial charge in [-0.3, -0.25) is 13.8 Å². The van der Waals surface area contributed by atoms with Gasteiger partial charge in [0.15, 0.2) is 0 Å². The van der Waals surface area contributed by atoms with Crippen LogP contribution in [0.3, 0.4) is 0 Å². The predicted molar refractivity (Wildman–Crippen MR) is 212 cm³/mol. The number of hydrogen-bond donors (Lipinski definition) is 3. The molecule has 3 unspecified atom stereocenters. The van der Waals surface area contributed by atoms with Crippen LogP contribution in [0.15, 0.2) is 36.5 Å². The van der Waals surface area contributed by atoms with Gasteiger partial charge in [-0.05, 0) is 44.9 Å². The standard InChI is InChI=1S/C41H79N2O6P/c1-6-8-10-12-14-16-18-20-21-23-24-26-28-30-32-34-40(44)39(38-49-50(46,47)48-37-36-43(3,4)5)42-41(45)35-33-31-29-27-25-22-19-17-15-13-11-9-7-2/h11,13,17,19,32,34,39-40,44H,6-10,12,14-16,18,20-31,33,35-38H2,1-5H3,(H-,42,45,46,47)/p+1/b13-11-,19-17-,34-32+. The lowest BCUT2D eigenvalue weighted by Gasteiger charge is -2.25. The molecule has 0 aromatic carbocycles. The van der Waals surface area contributed by atoms with Crippen LogP contribution in [-0.4, -0.2) is 73.4 Å². The molecule has 8 nitrogen and oxygen atoms in total. The lowest BCUT2D eigenvalue weighted by atomic mass is 10.0. The summed E-state index contributed by atoms with van der Waals surface area (Å²) in [5.74, 6) is -0.194. The highest BCUT2D eigenvalue weighted by atomic mass is 31.2. The van der Waals surface area contributed by atoms with Crippen LogP contribution in [0.1, 0.15) is 168 Å². The summed E-state index contributed by atoms with van der Waals surface area (Å²) in [6.45, 7) is 4.72. The third kappa shape index (κ3) is 35.1. The molecule has 0 rings (SSSR count). The molecule has 50 heavy (non-hydrogen) atoms. The number of aliphatic hydroxyl groups is 1. The van der Waals surface area contributed by atoms with Crippen molar-refractivity contribution < 1.29 is 32.9 Å². The molecule has 0 radical (unpaired) electrons. The van der Waals surface area contributed by atoms with E-state index in [0.29, 0.717) is 17.4 Å². The van der Waals surface area contributed by atoms with Gasteiger partial charge in [-0.25, -0.2) is 4.57 Å². The number of likely N-dealkylation sites (N-methyl/N-ethyl adjacent to an activating group) is 1. The largest absolute Gasteiger partial charge is 0.472 e. The van der Waals surface area contributed by atoms with E-state index in [1.165, 1.54) is 77.0 Å². The molecule has 0 saturated heterocycles. The minimum atomic E-state index is -4.33. The highest BCUT2D eigenvalue weighted by Gasteiger charge is 2.27. The van der Waals surface area contributed by atoms with Gasteiger partial charge in [-0.15, -0.1) is 0 Å². The Kier molecular flexibility index (Phi) is 32.7. The summed E-state index contributed by atoms with van der Waals surface area (Å²) < 4.78 is 23.5. The molecule has 0 aliphatic carbocycles. The van der Waals surface area contributed by atoms with Crippen molar-refractivity contribution in [1.29, 1.82) is 0 Å². The van der Waals surface area contributed by atoms with Crippen molar-refractivity contribution in [3.63, 3.8) is 0 Å². The Morgan fingerprint density at radius 3 is 1.72 bits per heavy atom. The summed E-state index contributed by atoms with van der Waals surface area (Å²) >= 11 is 0. The number of nitrogens with zero attached hydrogens (tertiary/aromatic N) is 1. The maximum absolute atomic E-state index is 12.8. The Morgan fingerprint density at radius 1 is 0.680 bits per heavy atom. The topological polar surface area (TPSA) is 105 Å². The number of carbonyl (C=O) groups excluding carboxylic acids is 1. The van der Waals surface area contributed by atoms with Gasteiger partial charge in [-0.1, -0.05) is 153 Å². The van der Waals surface area contributed by atoms with Crippen LogP contribution < -0.4 is 5.32 Å². The minimum absolute atomic E-state index is 0.0581. The molecule has 9 heteroatoms. The number of quaternary nitrogens is 1. The van der Waals surface area contributed by atoms with Gasteiger partial charge in [-0.2, -0.15) is 0 Å². The molecule has 1 amide bonds. The van der Waals surface area contributed by atoms with E-state index < -0.39 is 20.0 Å². The van der Waals surface area contributed by atoms with Crippen molar-refractivity contribution in [2.45, 2.75) is 180 Å². The summed E-state index contributed by atoms with van der Waals surface area (Å²) in [4.78, 5) is 23.0. The molecule has 3 N–H and O–H groups in total. The second kappa shape index (κ2) is 33.5. The number of amides is 1. The van der Waals surface area contributed by atoms with E-state index in [0.717, 1.165) is 70.6 Å². The minimum Gasteiger partial charge on any atom is -0.387 e. The van der Waals surface area contributed by atoms with Gasteiger partial charge >= 0.3 is 7.82 Å². The van der Waals surface area contributed by atoms with Gasteiger partial charge in [0, 0.05) is 6.42 Å². The SMILES string of the molecule is CCC/C=C\C/C=C\CCCCCCCC(=O)NC(COP(=O)(O)OCC[N+](C)(C)C)C(O)/C=C/CCCCCCCCCCCCCCC. The molecule has 0 saturated carbocycles. The van der Waals surface area contributed by atoms with Crippen molar-refractivity contribution in [2.24, 2.45) is 0 Å². The molecule has 294 valence electrons. The quantitative estimate of drug-likeness (QED) is 0.0257. The molecule has 3 atom stereocenters. The zero-order chi connectivity index (χ0) is 37.2. The fourth-order valence-electron chi connectivity index (χ4n) is 5.55. The highest BCUT2D eigenvalue weighted by molar-refractivity contribution is 7.47. The lowest BCUT2D eigenvalue weighted by molar-refractivity contribution is -0.870. The van der Waals surface area contributed by atoms with Crippen LogP contribution in [0.5, 0.6) is 0 Å². The second-order valence-electron chi connectivity index (χ2n) is 15.0. The molecule has 0 fully saturated rings. The zero-order valence-corrected chi connectivity index (χ0v) is 34.0. The number of phosphoric acid groups is 1. The predicted octanol–water partition coefficient (Wildman–Crippen LogP) is 10.7. The molecule has 0 heterocycles. The molecular weight excluding hydrogens is 647 g/mol. The normalized spacial score (nSPS) is 14.9. The highest BCUT2D eigenvalue weighted by Crippen LogP contribution is 2.43. The summed E-state index contributed by atoms with van der Waals surface area (Å²) in [6.07, 6.45) is 39.2. The molecule has 0 spiro atoms. The monoisotopic (exact) mass is 728 g/mol. The summed E-state index contributed by atoms with van der Waals surface area (Å²) in [5, 5.41) is 13.8. The molecule has 0 aromatic rings. The van der Waals surface area contributed by atoms with E-state index in [9.17, 15) is 19.4 Å². The number of unbranched alkanes of at least 4 members (excludes halogenated alkanes) is 19. The van der Waals surface area contributed by atoms with Crippen LogP contribution in [-0.2, 0) is 18.4 Å². The van der Waals surface area contributed by atoms with Crippen molar-refractivity contribution in [3.8, 4) is 0 Å². The lowest BCUT2D eigenvalue weighted by Crippen LogP contribution is -2.45. The molecule has 0 aromatic heterocycles. The van der Waals surface area contributed by atoms with Crippen LogP contribution in [0.25, 0.3) is 0 Å². The van der Waals surface area contributed by atoms with Gasteiger partial charge < -0.3 is 19.8 Å². The first-order valence-electron chi connectivity index (χ1n) is 20.4. The van der Waals surface area contributed by atoms with E-state index in [4.69, 9.17) is 9.05 Å². The number of aliphatic hydroxyl groups excluding tert-OH is 1. The second-order valence-corrected chi connectivity index (χ2v) is 16.5. The fourth-order valence-corrected chi connectivity index (χ4v) is 6.28. The first-order chi connectivity index (χ1) is 24.0. The number of carbonyl (C=O) groups is 1. The van der Waals surface area contributed by atoms with Crippen LogP contribution >= 0.6 is 7.82 Å². The average molecular weight is 728 g/mol. The van der Waals surface area contributed by atoms with Crippen LogP contribution in [0, 0.1) is 0 Å². The Bertz CT molecular complexity index is 917. The maximum Gasteiger partial charge on any atom is 0.472 e. The maximum atomic E-state index is 12.8. The molecule has 0 aliphatic heterocycles. The summed E-state index contributed by atoms with van der Waals surface area (Å²) in [5.41, 5.74) is 0. The number of phosphoric ester groups is 1. The number of hydrogen-bond acceptors (Lipinski definition) is 5. The zero-order valence-electron chi connectivity index (χ0n) is 33.1. The van der Waals surface area contributed by atoms with Crippen molar-refractivity contribution in [1.82, 2.24) is 5.32 Å². The van der Waals surface area contributed by atoms with E-state index in [2.05, 4.69) is 43.5 Å². The Morgan fingerprint density at radius 2 is 1.18 bits per heavy atom. The average Bonchev–Trinajstić information content (AvgIpc) is 3.06. The summed E-state index contributed by atoms with van der Waals surface area (Å²) in [7, 11) is 1.56. The number of allylic oxidation sites excluding steroid dienone is 5. The Hall–Kier alpha value is -1.28. The number of rotatable bonds is 36. The molecule has 0 aliphatic rings. The fraction of sp³-hybridized carbons (Fsp3) is 0.829. The third-order valence-corrected chi connectivity index (χ3v) is 9.82. The molecule has 0 bridgehead atoms. The van der Waals surface area contributed by atoms with Gasteiger partial charge in [0.2, 0.25) is 5.91 Å². The first kappa shape index (κ1) is 48.7. The van der Waals surface area contributed by atoms with Crippen molar-refractivity contribution in [3.05, 3.63) is 36.5 Å². The van der Waals surface area contributed by atoms with Crippen LogP contribution in [0.4, 0.5) is 0 Å². The third-order valence-electron chi connectivity index (χ3n) is 8.84. The first-order valence-corrected chi connectivity index (χ1v) is 21.9. The van der Waals surface area contributed by atoms with Crippen LogP contribution in [0.2, 0.25) is 0 Å². The van der Waals surface area contributed by atoms with Gasteiger partial charge in [0.25, 0.3) is 0 Å². The van der Waals surface area contributed by atoms with Crippen molar-refractivity contribution >= 4 is 13.7 Å². The van der Waals surface area contributed by atoms with E-state index in [1.807, 2.05) is 27.2 Å². The Balaban J connectivity index is 4.53. The van der Waals surface area contributed by atoms with Gasteiger partial charge in [0.05, 0.1) is 39.9 Å². The van der Waals surface area contributed by atoms with Gasteiger partial charge in [0.1, 0.15) is 13.2 Å². The smallest absolute Gasteiger partial charge is 0.387 e. The Labute approximate surface area is 308 Å². The van der Waals surface area contributed by atoms with E-state index in [1.54, 1.807) is 6.08 Å². The van der Waals surface area contributed by atoms with E-state index >= 15 is 0 Å². The van der Waals surface area contributed by atoms with E-state index in [-0.39, 0.29) is 19.1 Å². The van der Waals surface area contributed by atoms with Crippen molar-refractivity contribution in [2.75, 3.05) is 40.9 Å².